The number of piperidine rings is 1. The number of nitrogens with zero attached hydrogens (tertiary/aromatic N) is 2. The second kappa shape index (κ2) is 6.56. The molecular formula is C17H24N2O4. The van der Waals surface area contributed by atoms with E-state index >= 15 is 0 Å². The van der Waals surface area contributed by atoms with Crippen molar-refractivity contribution in [1.29, 1.82) is 0 Å². The molecule has 0 radical (unpaired) electrons. The van der Waals surface area contributed by atoms with Gasteiger partial charge < -0.3 is 9.64 Å². The molecule has 0 saturated carbocycles. The molecule has 0 atom stereocenters. The Kier molecular flexibility index (Phi) is 4.92. The van der Waals surface area contributed by atoms with Crippen LogP contribution in [0.1, 0.15) is 56.0 Å². The first-order valence-corrected chi connectivity index (χ1v) is 7.92. The van der Waals surface area contributed by atoms with Gasteiger partial charge in [0.2, 0.25) is 5.75 Å². The molecule has 1 fully saturated rings. The lowest BCUT2D eigenvalue weighted by Gasteiger charge is -2.28. The number of hydrogen-bond donors (Lipinski definition) is 0. The van der Waals surface area contributed by atoms with Crippen molar-refractivity contribution < 1.29 is 14.5 Å². The zero-order chi connectivity index (χ0) is 17.2. The Morgan fingerprint density at radius 3 is 2.30 bits per heavy atom. The predicted octanol–water partition coefficient (Wildman–Crippen LogP) is 3.53. The molecule has 1 saturated heterocycles. The summed E-state index contributed by atoms with van der Waals surface area (Å²) in [5.41, 5.74) is 0.590. The molecule has 0 spiro atoms. The standard InChI is InChI=1S/C17H24N2O4/c1-17(2,3)12-10-13(15(23-4)14(11-12)19(21)22)16(20)18-8-6-5-7-9-18/h10-11H,5-9H2,1-4H3. The summed E-state index contributed by atoms with van der Waals surface area (Å²) < 4.78 is 5.23. The molecule has 23 heavy (non-hydrogen) atoms. The fourth-order valence-electron chi connectivity index (χ4n) is 2.82. The second-order valence-corrected chi connectivity index (χ2v) is 6.94. The third-order valence-electron chi connectivity index (χ3n) is 4.21. The molecule has 1 aliphatic heterocycles. The smallest absolute Gasteiger partial charge is 0.312 e. The minimum absolute atomic E-state index is 0.0542. The van der Waals surface area contributed by atoms with Crippen LogP contribution in [0.15, 0.2) is 12.1 Å². The molecule has 1 aromatic carbocycles. The first-order chi connectivity index (χ1) is 10.8. The molecule has 1 aromatic rings. The average Bonchev–Trinajstić information content (AvgIpc) is 2.52. The number of nitro groups is 1. The lowest BCUT2D eigenvalue weighted by molar-refractivity contribution is -0.385. The van der Waals surface area contributed by atoms with E-state index in [1.54, 1.807) is 11.0 Å². The number of ether oxygens (including phenoxy) is 1. The monoisotopic (exact) mass is 320 g/mol. The number of benzene rings is 1. The molecule has 0 aliphatic carbocycles. The van der Waals surface area contributed by atoms with Crippen LogP contribution in [-0.4, -0.2) is 35.9 Å². The van der Waals surface area contributed by atoms with E-state index in [-0.39, 0.29) is 28.3 Å². The summed E-state index contributed by atoms with van der Waals surface area (Å²) in [4.78, 5) is 25.5. The first-order valence-electron chi connectivity index (χ1n) is 7.92. The molecule has 0 N–H and O–H groups in total. The van der Waals surface area contributed by atoms with E-state index in [0.29, 0.717) is 13.1 Å². The zero-order valence-electron chi connectivity index (χ0n) is 14.2. The summed E-state index contributed by atoms with van der Waals surface area (Å²) in [7, 11) is 1.37. The van der Waals surface area contributed by atoms with Gasteiger partial charge in [-0.3, -0.25) is 14.9 Å². The van der Waals surface area contributed by atoms with Crippen molar-refractivity contribution in [2.45, 2.75) is 45.4 Å². The largest absolute Gasteiger partial charge is 0.490 e. The number of amides is 1. The lowest BCUT2D eigenvalue weighted by Crippen LogP contribution is -2.36. The van der Waals surface area contributed by atoms with Crippen LogP contribution < -0.4 is 4.74 Å². The van der Waals surface area contributed by atoms with Crippen LogP contribution in [0.25, 0.3) is 0 Å². The molecule has 1 aliphatic rings. The minimum Gasteiger partial charge on any atom is -0.490 e. The van der Waals surface area contributed by atoms with Gasteiger partial charge in [0.1, 0.15) is 0 Å². The summed E-state index contributed by atoms with van der Waals surface area (Å²) >= 11 is 0. The molecular weight excluding hydrogens is 296 g/mol. The maximum absolute atomic E-state index is 12.9. The van der Waals surface area contributed by atoms with E-state index in [2.05, 4.69) is 0 Å². The van der Waals surface area contributed by atoms with E-state index in [1.165, 1.54) is 13.2 Å². The van der Waals surface area contributed by atoms with Crippen molar-refractivity contribution in [3.63, 3.8) is 0 Å². The Morgan fingerprint density at radius 1 is 1.22 bits per heavy atom. The third kappa shape index (κ3) is 3.63. The number of methoxy groups -OCH3 is 1. The van der Waals surface area contributed by atoms with Crippen molar-refractivity contribution in [3.05, 3.63) is 33.4 Å². The van der Waals surface area contributed by atoms with Gasteiger partial charge in [0.25, 0.3) is 5.91 Å². The SMILES string of the molecule is COc1c(C(=O)N2CCCCC2)cc(C(C)(C)C)cc1[N+](=O)[O-]. The molecule has 1 amide bonds. The van der Waals surface area contributed by atoms with E-state index < -0.39 is 4.92 Å². The first kappa shape index (κ1) is 17.2. The maximum Gasteiger partial charge on any atom is 0.312 e. The Balaban J connectivity index is 2.57. The molecule has 0 bridgehead atoms. The highest BCUT2D eigenvalue weighted by atomic mass is 16.6. The molecule has 126 valence electrons. The minimum atomic E-state index is -0.485. The topological polar surface area (TPSA) is 72.7 Å². The van der Waals surface area contributed by atoms with Gasteiger partial charge in [0.05, 0.1) is 17.6 Å². The Labute approximate surface area is 136 Å². The van der Waals surface area contributed by atoms with Crippen molar-refractivity contribution in [2.75, 3.05) is 20.2 Å². The number of carbonyl (C=O) groups excluding carboxylic acids is 1. The highest BCUT2D eigenvalue weighted by Gasteiger charge is 2.30. The van der Waals surface area contributed by atoms with Gasteiger partial charge in [-0.15, -0.1) is 0 Å². The van der Waals surface area contributed by atoms with Crippen LogP contribution in [0.2, 0.25) is 0 Å². The van der Waals surface area contributed by atoms with Gasteiger partial charge in [-0.05, 0) is 36.3 Å². The van der Waals surface area contributed by atoms with Gasteiger partial charge in [-0.1, -0.05) is 20.8 Å². The Morgan fingerprint density at radius 2 is 1.83 bits per heavy atom. The number of nitro benzene ring substituents is 1. The van der Waals surface area contributed by atoms with Crippen LogP contribution in [0, 0.1) is 10.1 Å². The van der Waals surface area contributed by atoms with Crippen LogP contribution in [0.5, 0.6) is 5.75 Å². The maximum atomic E-state index is 12.9. The normalized spacial score (nSPS) is 15.4. The van der Waals surface area contributed by atoms with Crippen molar-refractivity contribution in [3.8, 4) is 5.75 Å². The summed E-state index contributed by atoms with van der Waals surface area (Å²) in [5.74, 6) is -0.130. The summed E-state index contributed by atoms with van der Waals surface area (Å²) in [6.45, 7) is 7.28. The quantitative estimate of drug-likeness (QED) is 0.631. The number of carbonyl (C=O) groups is 1. The molecule has 6 nitrogen and oxygen atoms in total. The predicted molar refractivity (Wildman–Crippen MR) is 88.1 cm³/mol. The van der Waals surface area contributed by atoms with Gasteiger partial charge in [-0.2, -0.15) is 0 Å². The van der Waals surface area contributed by atoms with Crippen LogP contribution >= 0.6 is 0 Å². The Hall–Kier alpha value is -2.11. The third-order valence-corrected chi connectivity index (χ3v) is 4.21. The van der Waals surface area contributed by atoms with Crippen LogP contribution in [0.3, 0.4) is 0 Å². The van der Waals surface area contributed by atoms with Gasteiger partial charge in [-0.25, -0.2) is 0 Å². The van der Waals surface area contributed by atoms with E-state index in [9.17, 15) is 14.9 Å². The van der Waals surface area contributed by atoms with Crippen molar-refractivity contribution in [2.24, 2.45) is 0 Å². The highest BCUT2D eigenvalue weighted by Crippen LogP contribution is 2.37. The summed E-state index contributed by atoms with van der Waals surface area (Å²) in [5, 5.41) is 11.4. The van der Waals surface area contributed by atoms with E-state index in [4.69, 9.17) is 4.74 Å². The molecule has 0 aromatic heterocycles. The number of likely N-dealkylation sites (tertiary alicyclic amines) is 1. The summed E-state index contributed by atoms with van der Waals surface area (Å²) in [6, 6.07) is 3.24. The molecule has 0 unspecified atom stereocenters. The number of rotatable bonds is 3. The van der Waals surface area contributed by atoms with Crippen LogP contribution in [0.4, 0.5) is 5.69 Å². The van der Waals surface area contributed by atoms with Crippen molar-refractivity contribution >= 4 is 11.6 Å². The molecule has 1 heterocycles. The molecule has 6 heteroatoms. The van der Waals surface area contributed by atoms with Crippen LogP contribution in [-0.2, 0) is 5.41 Å². The van der Waals surface area contributed by atoms with E-state index in [1.807, 2.05) is 20.8 Å². The lowest BCUT2D eigenvalue weighted by atomic mass is 9.85. The highest BCUT2D eigenvalue weighted by molar-refractivity contribution is 5.98. The Bertz CT molecular complexity index is 614. The fraction of sp³-hybridized carbons (Fsp3) is 0.588. The molecule has 2 rings (SSSR count). The van der Waals surface area contributed by atoms with Crippen molar-refractivity contribution in [1.82, 2.24) is 4.90 Å². The average molecular weight is 320 g/mol. The zero-order valence-corrected chi connectivity index (χ0v) is 14.2. The summed E-state index contributed by atoms with van der Waals surface area (Å²) in [6.07, 6.45) is 3.05. The fourth-order valence-corrected chi connectivity index (χ4v) is 2.82. The van der Waals surface area contributed by atoms with Gasteiger partial charge in [0.15, 0.2) is 0 Å². The number of hydrogen-bond acceptors (Lipinski definition) is 4. The van der Waals surface area contributed by atoms with Gasteiger partial charge in [0, 0.05) is 19.2 Å². The van der Waals surface area contributed by atoms with E-state index in [0.717, 1.165) is 24.8 Å². The van der Waals surface area contributed by atoms with Gasteiger partial charge >= 0.3 is 5.69 Å². The second-order valence-electron chi connectivity index (χ2n) is 6.94.